The fourth-order valence-corrected chi connectivity index (χ4v) is 3.44. The van der Waals surface area contributed by atoms with Gasteiger partial charge in [0, 0.05) is 22.7 Å². The molecule has 0 unspecified atom stereocenters. The van der Waals surface area contributed by atoms with Crippen LogP contribution in [0.15, 0.2) is 12.5 Å². The number of rotatable bonds is 4. The minimum Gasteiger partial charge on any atom is -0.350 e. The van der Waals surface area contributed by atoms with Crippen molar-refractivity contribution < 1.29 is 9.47 Å². The van der Waals surface area contributed by atoms with Crippen molar-refractivity contribution >= 4 is 45.2 Å². The molecule has 1 aliphatic heterocycles. The van der Waals surface area contributed by atoms with Gasteiger partial charge in [0.05, 0.1) is 18.6 Å². The SMILES string of the molecule is Clc1ncnc2c1c(I)cn2CCCC1OCCO1. The van der Waals surface area contributed by atoms with E-state index in [-0.39, 0.29) is 6.29 Å². The second-order valence-electron chi connectivity index (χ2n) is 4.35. The van der Waals surface area contributed by atoms with Gasteiger partial charge in [-0.15, -0.1) is 0 Å². The van der Waals surface area contributed by atoms with Gasteiger partial charge in [-0.3, -0.25) is 0 Å². The van der Waals surface area contributed by atoms with Crippen molar-refractivity contribution in [3.8, 4) is 0 Å². The molecule has 0 N–H and O–H groups in total. The van der Waals surface area contributed by atoms with Crippen LogP contribution in [-0.4, -0.2) is 34.0 Å². The normalized spacial score (nSPS) is 16.5. The largest absolute Gasteiger partial charge is 0.350 e. The fraction of sp³-hybridized carbons (Fsp3) is 0.500. The van der Waals surface area contributed by atoms with E-state index in [1.807, 2.05) is 0 Å². The standard InChI is InChI=1S/C12H13ClIN3O2/c13-11-10-8(14)6-17(12(10)16-7-15-11)3-1-2-9-18-4-5-19-9/h6-7,9H,1-5H2. The Morgan fingerprint density at radius 1 is 1.37 bits per heavy atom. The Kier molecular flexibility index (Phi) is 4.21. The molecular formula is C12H13ClIN3O2. The van der Waals surface area contributed by atoms with Crippen molar-refractivity contribution in [3.63, 3.8) is 0 Å². The van der Waals surface area contributed by atoms with Crippen LogP contribution >= 0.6 is 34.2 Å². The lowest BCUT2D eigenvalue weighted by Gasteiger charge is -2.09. The van der Waals surface area contributed by atoms with E-state index in [2.05, 4.69) is 43.3 Å². The molecule has 2 aromatic rings. The first kappa shape index (κ1) is 13.5. The molecule has 1 aliphatic rings. The zero-order chi connectivity index (χ0) is 13.2. The number of nitrogens with zero attached hydrogens (tertiary/aromatic N) is 3. The maximum Gasteiger partial charge on any atom is 0.157 e. The van der Waals surface area contributed by atoms with Gasteiger partial charge in [-0.05, 0) is 29.0 Å². The Balaban J connectivity index is 1.72. The highest BCUT2D eigenvalue weighted by Crippen LogP contribution is 2.27. The molecule has 2 aromatic heterocycles. The van der Waals surface area contributed by atoms with Gasteiger partial charge >= 0.3 is 0 Å². The smallest absolute Gasteiger partial charge is 0.157 e. The van der Waals surface area contributed by atoms with Crippen LogP contribution in [0.2, 0.25) is 5.15 Å². The Labute approximate surface area is 129 Å². The van der Waals surface area contributed by atoms with Crippen molar-refractivity contribution in [3.05, 3.63) is 21.2 Å². The third-order valence-corrected chi connectivity index (χ3v) is 4.20. The molecule has 0 aliphatic carbocycles. The average molecular weight is 394 g/mol. The van der Waals surface area contributed by atoms with Crippen LogP contribution in [-0.2, 0) is 16.0 Å². The fourth-order valence-electron chi connectivity index (χ4n) is 2.21. The summed E-state index contributed by atoms with van der Waals surface area (Å²) in [7, 11) is 0. The molecule has 1 fully saturated rings. The molecule has 3 rings (SSSR count). The summed E-state index contributed by atoms with van der Waals surface area (Å²) in [4.78, 5) is 8.33. The molecule has 0 atom stereocenters. The van der Waals surface area contributed by atoms with E-state index in [4.69, 9.17) is 21.1 Å². The van der Waals surface area contributed by atoms with Crippen molar-refractivity contribution in [2.75, 3.05) is 13.2 Å². The van der Waals surface area contributed by atoms with E-state index < -0.39 is 0 Å². The molecule has 0 saturated carbocycles. The topological polar surface area (TPSA) is 49.2 Å². The first-order chi connectivity index (χ1) is 9.25. The van der Waals surface area contributed by atoms with E-state index in [1.165, 1.54) is 6.33 Å². The van der Waals surface area contributed by atoms with Crippen LogP contribution in [0.4, 0.5) is 0 Å². The Morgan fingerprint density at radius 3 is 2.95 bits per heavy atom. The third-order valence-electron chi connectivity index (χ3n) is 3.09. The van der Waals surface area contributed by atoms with Crippen LogP contribution in [0.25, 0.3) is 11.0 Å². The van der Waals surface area contributed by atoms with E-state index in [1.54, 1.807) is 0 Å². The van der Waals surface area contributed by atoms with Crippen molar-refractivity contribution in [1.29, 1.82) is 0 Å². The second kappa shape index (κ2) is 5.90. The van der Waals surface area contributed by atoms with Crippen molar-refractivity contribution in [2.24, 2.45) is 0 Å². The number of hydrogen-bond acceptors (Lipinski definition) is 4. The highest BCUT2D eigenvalue weighted by Gasteiger charge is 2.16. The van der Waals surface area contributed by atoms with Crippen LogP contribution in [0.3, 0.4) is 0 Å². The minimum absolute atomic E-state index is 0.0425. The third kappa shape index (κ3) is 2.86. The molecule has 0 bridgehead atoms. The van der Waals surface area contributed by atoms with E-state index in [0.29, 0.717) is 18.4 Å². The highest BCUT2D eigenvalue weighted by atomic mass is 127. The van der Waals surface area contributed by atoms with Gasteiger partial charge in [-0.25, -0.2) is 9.97 Å². The minimum atomic E-state index is -0.0425. The number of hydrogen-bond donors (Lipinski definition) is 0. The molecule has 3 heterocycles. The zero-order valence-electron chi connectivity index (χ0n) is 10.2. The zero-order valence-corrected chi connectivity index (χ0v) is 13.1. The van der Waals surface area contributed by atoms with Gasteiger partial charge in [0.1, 0.15) is 17.1 Å². The summed E-state index contributed by atoms with van der Waals surface area (Å²) < 4.78 is 14.0. The summed E-state index contributed by atoms with van der Waals surface area (Å²) in [6.07, 6.45) is 5.39. The van der Waals surface area contributed by atoms with E-state index >= 15 is 0 Å². The molecule has 0 radical (unpaired) electrons. The molecule has 0 aromatic carbocycles. The molecule has 0 spiro atoms. The predicted molar refractivity (Wildman–Crippen MR) is 80.2 cm³/mol. The lowest BCUT2D eigenvalue weighted by Crippen LogP contribution is -2.09. The predicted octanol–water partition coefficient (Wildman–Crippen LogP) is 2.84. The first-order valence-electron chi connectivity index (χ1n) is 6.14. The van der Waals surface area contributed by atoms with Gasteiger partial charge in [-0.1, -0.05) is 11.6 Å². The van der Waals surface area contributed by atoms with E-state index in [9.17, 15) is 0 Å². The molecule has 19 heavy (non-hydrogen) atoms. The van der Waals surface area contributed by atoms with Crippen LogP contribution in [0.5, 0.6) is 0 Å². The van der Waals surface area contributed by atoms with Crippen LogP contribution < -0.4 is 0 Å². The Hall–Kier alpha value is -0.440. The summed E-state index contributed by atoms with van der Waals surface area (Å²) in [5.41, 5.74) is 0.887. The quantitative estimate of drug-likeness (QED) is 0.592. The summed E-state index contributed by atoms with van der Waals surface area (Å²) in [5.74, 6) is 0. The lowest BCUT2D eigenvalue weighted by molar-refractivity contribution is -0.0482. The Bertz CT molecular complexity index is 584. The van der Waals surface area contributed by atoms with Crippen molar-refractivity contribution in [1.82, 2.24) is 14.5 Å². The summed E-state index contributed by atoms with van der Waals surface area (Å²) in [6, 6.07) is 0. The number of halogens is 2. The molecule has 5 nitrogen and oxygen atoms in total. The number of aryl methyl sites for hydroxylation is 1. The lowest BCUT2D eigenvalue weighted by atomic mass is 10.3. The van der Waals surface area contributed by atoms with Crippen LogP contribution in [0.1, 0.15) is 12.8 Å². The molecule has 1 saturated heterocycles. The summed E-state index contributed by atoms with van der Waals surface area (Å²) >= 11 is 8.36. The number of fused-ring (bicyclic) bond motifs is 1. The first-order valence-corrected chi connectivity index (χ1v) is 7.59. The molecular weight excluding hydrogens is 381 g/mol. The molecule has 0 amide bonds. The summed E-state index contributed by atoms with van der Waals surface area (Å²) in [6.45, 7) is 2.28. The average Bonchev–Trinajstić information content (AvgIpc) is 3.00. The highest BCUT2D eigenvalue weighted by molar-refractivity contribution is 14.1. The van der Waals surface area contributed by atoms with Gasteiger partial charge in [0.25, 0.3) is 0 Å². The number of ether oxygens (including phenoxy) is 2. The van der Waals surface area contributed by atoms with Crippen molar-refractivity contribution in [2.45, 2.75) is 25.7 Å². The van der Waals surface area contributed by atoms with Gasteiger partial charge in [0.2, 0.25) is 0 Å². The summed E-state index contributed by atoms with van der Waals surface area (Å²) in [5, 5.41) is 1.44. The van der Waals surface area contributed by atoms with Gasteiger partial charge < -0.3 is 14.0 Å². The van der Waals surface area contributed by atoms with E-state index in [0.717, 1.165) is 34.0 Å². The van der Waals surface area contributed by atoms with Crippen LogP contribution in [0, 0.1) is 3.57 Å². The van der Waals surface area contributed by atoms with Gasteiger partial charge in [0.15, 0.2) is 6.29 Å². The monoisotopic (exact) mass is 393 g/mol. The maximum atomic E-state index is 6.10. The Morgan fingerprint density at radius 2 is 2.16 bits per heavy atom. The van der Waals surface area contributed by atoms with Gasteiger partial charge in [-0.2, -0.15) is 0 Å². The number of aromatic nitrogens is 3. The molecule has 102 valence electrons. The molecule has 7 heteroatoms. The second-order valence-corrected chi connectivity index (χ2v) is 5.87. The maximum absolute atomic E-state index is 6.10.